The number of H-pyrrole nitrogens is 2. The fraction of sp³-hybridized carbons (Fsp3) is 0.846. The first-order chi connectivity index (χ1) is 19.5. The Morgan fingerprint density at radius 3 is 1.26 bits per heavy atom. The molecule has 2 heterocycles. The van der Waals surface area contributed by atoms with Crippen molar-refractivity contribution < 1.29 is 0 Å². The summed E-state index contributed by atoms with van der Waals surface area (Å²) >= 11 is 0. The molecule has 250 valence electrons. The van der Waals surface area contributed by atoms with E-state index in [4.69, 9.17) is 9.97 Å². The first kappa shape index (κ1) is 39.4. The zero-order valence-corrected chi connectivity index (χ0v) is 32.3. The third kappa shape index (κ3) is 9.46. The second-order valence-corrected chi connectivity index (χ2v) is 17.2. The van der Waals surface area contributed by atoms with Crippen molar-refractivity contribution in [3.63, 3.8) is 0 Å². The lowest BCUT2D eigenvalue weighted by atomic mass is 9.74. The number of aromatic amines is 2. The first-order valence-corrected chi connectivity index (χ1v) is 17.8. The lowest BCUT2D eigenvalue weighted by Gasteiger charge is -2.32. The Labute approximate surface area is 268 Å². The average molecular weight is 599 g/mol. The maximum Gasteiger partial charge on any atom is 0.112 e. The van der Waals surface area contributed by atoms with E-state index < -0.39 is 0 Å². The molecule has 0 aliphatic carbocycles. The standard InChI is InChI=1S/C21H40N2.C18H34N2/c1-10-13-14-15-20(7,8)16-17(21(9,11-2)12-3)23-18(22-16)19(4,5)6;1-10-17(7,8)15-19-13(16(4,5)6)14(20-15)18(9,11-2)12-3/h10-15H2,1-9H3,(H,22,23);10-12H2,1-9H3,(H,19,20). The molecule has 0 saturated heterocycles. The summed E-state index contributed by atoms with van der Waals surface area (Å²) in [5.41, 5.74) is 6.07. The summed E-state index contributed by atoms with van der Waals surface area (Å²) in [6.07, 6.45) is 10.8. The number of imidazole rings is 2. The van der Waals surface area contributed by atoms with E-state index in [1.54, 1.807) is 0 Å². The summed E-state index contributed by atoms with van der Waals surface area (Å²) in [6.45, 7) is 41.3. The lowest BCUT2D eigenvalue weighted by molar-refractivity contribution is 0.390. The predicted molar refractivity (Wildman–Crippen MR) is 191 cm³/mol. The molecular formula is C39H74N4. The van der Waals surface area contributed by atoms with Crippen molar-refractivity contribution in [2.75, 3.05) is 0 Å². The largest absolute Gasteiger partial charge is 0.345 e. The molecule has 0 radical (unpaired) electrons. The lowest BCUT2D eigenvalue weighted by Crippen LogP contribution is -2.28. The molecule has 0 unspecified atom stereocenters. The van der Waals surface area contributed by atoms with E-state index in [1.165, 1.54) is 48.5 Å². The van der Waals surface area contributed by atoms with E-state index in [2.05, 4.69) is 135 Å². The van der Waals surface area contributed by atoms with Crippen molar-refractivity contribution in [3.8, 4) is 0 Å². The van der Waals surface area contributed by atoms with Crippen LogP contribution in [0.4, 0.5) is 0 Å². The molecule has 2 rings (SSSR count). The smallest absolute Gasteiger partial charge is 0.112 e. The number of rotatable bonds is 13. The van der Waals surface area contributed by atoms with Crippen LogP contribution in [-0.4, -0.2) is 19.9 Å². The van der Waals surface area contributed by atoms with Crippen molar-refractivity contribution in [1.29, 1.82) is 0 Å². The normalized spacial score (nSPS) is 13.7. The molecule has 0 fully saturated rings. The third-order valence-corrected chi connectivity index (χ3v) is 10.7. The summed E-state index contributed by atoms with van der Waals surface area (Å²) in [7, 11) is 0. The predicted octanol–water partition coefficient (Wildman–Crippen LogP) is 12.1. The minimum absolute atomic E-state index is 0.0644. The molecule has 0 spiro atoms. The van der Waals surface area contributed by atoms with Crippen LogP contribution in [0.5, 0.6) is 0 Å². The second-order valence-electron chi connectivity index (χ2n) is 17.2. The maximum absolute atomic E-state index is 5.14. The number of hydrogen-bond acceptors (Lipinski definition) is 2. The molecule has 0 aliphatic rings. The molecular weight excluding hydrogens is 524 g/mol. The van der Waals surface area contributed by atoms with Crippen LogP contribution >= 0.6 is 0 Å². The number of nitrogens with zero attached hydrogens (tertiary/aromatic N) is 2. The highest BCUT2D eigenvalue weighted by atomic mass is 15.0. The number of aromatic nitrogens is 4. The molecule has 0 aromatic carbocycles. The van der Waals surface area contributed by atoms with E-state index in [0.717, 1.165) is 43.8 Å². The van der Waals surface area contributed by atoms with E-state index in [0.29, 0.717) is 0 Å². The van der Waals surface area contributed by atoms with Gasteiger partial charge in [-0.25, -0.2) is 9.97 Å². The van der Waals surface area contributed by atoms with Gasteiger partial charge < -0.3 is 9.97 Å². The van der Waals surface area contributed by atoms with Gasteiger partial charge in [0.25, 0.3) is 0 Å². The van der Waals surface area contributed by atoms with Crippen LogP contribution in [0.1, 0.15) is 217 Å². The van der Waals surface area contributed by atoms with Gasteiger partial charge in [-0.05, 0) is 38.5 Å². The summed E-state index contributed by atoms with van der Waals surface area (Å²) in [5.74, 6) is 2.28. The van der Waals surface area contributed by atoms with Gasteiger partial charge in [-0.3, -0.25) is 0 Å². The van der Waals surface area contributed by atoms with Gasteiger partial charge in [0.1, 0.15) is 11.6 Å². The molecule has 4 nitrogen and oxygen atoms in total. The Morgan fingerprint density at radius 1 is 0.465 bits per heavy atom. The Morgan fingerprint density at radius 2 is 0.884 bits per heavy atom. The number of unbranched alkanes of at least 4 members (excludes halogenated alkanes) is 2. The van der Waals surface area contributed by atoms with Gasteiger partial charge in [-0.1, -0.05) is 144 Å². The Bertz CT molecular complexity index is 1110. The molecule has 0 atom stereocenters. The fourth-order valence-corrected chi connectivity index (χ4v) is 5.64. The molecule has 43 heavy (non-hydrogen) atoms. The van der Waals surface area contributed by atoms with Crippen LogP contribution in [0.2, 0.25) is 0 Å². The van der Waals surface area contributed by atoms with Crippen molar-refractivity contribution in [1.82, 2.24) is 19.9 Å². The minimum atomic E-state index is 0.0644. The molecule has 2 aromatic heterocycles. The maximum atomic E-state index is 5.14. The van der Waals surface area contributed by atoms with Crippen LogP contribution in [0.25, 0.3) is 0 Å². The van der Waals surface area contributed by atoms with Gasteiger partial charge in [0.15, 0.2) is 0 Å². The number of hydrogen-bond donors (Lipinski definition) is 2. The van der Waals surface area contributed by atoms with Crippen molar-refractivity contribution in [2.24, 2.45) is 0 Å². The Kier molecular flexibility index (Phi) is 13.5. The molecule has 4 heteroatoms. The van der Waals surface area contributed by atoms with Gasteiger partial charge in [0, 0.05) is 43.9 Å². The second kappa shape index (κ2) is 14.7. The molecule has 2 aromatic rings. The fourth-order valence-electron chi connectivity index (χ4n) is 5.64. The SMILES string of the molecule is CCC(C)(C)c1nc(C(C)(C)C)c(C(C)(CC)CC)[nH]1.CCCCCC(C)(C)c1nc(C(C)(C)C)[nH]c1C(C)(CC)CC. The summed E-state index contributed by atoms with van der Waals surface area (Å²) < 4.78 is 0. The summed E-state index contributed by atoms with van der Waals surface area (Å²) in [4.78, 5) is 17.6. The van der Waals surface area contributed by atoms with Crippen molar-refractivity contribution in [2.45, 2.75) is 215 Å². The molecule has 0 bridgehead atoms. The van der Waals surface area contributed by atoms with E-state index in [-0.39, 0.29) is 32.5 Å². The van der Waals surface area contributed by atoms with Gasteiger partial charge in [0.05, 0.1) is 11.4 Å². The molecule has 0 aliphatic heterocycles. The highest BCUT2D eigenvalue weighted by molar-refractivity contribution is 5.32. The van der Waals surface area contributed by atoms with Crippen LogP contribution in [0.3, 0.4) is 0 Å². The number of nitrogens with one attached hydrogen (secondary N) is 2. The van der Waals surface area contributed by atoms with Gasteiger partial charge >= 0.3 is 0 Å². The summed E-state index contributed by atoms with van der Waals surface area (Å²) in [5, 5.41) is 0. The summed E-state index contributed by atoms with van der Waals surface area (Å²) in [6, 6.07) is 0. The quantitative estimate of drug-likeness (QED) is 0.225. The molecule has 2 N–H and O–H groups in total. The topological polar surface area (TPSA) is 57.4 Å². The van der Waals surface area contributed by atoms with E-state index >= 15 is 0 Å². The molecule has 0 amide bonds. The monoisotopic (exact) mass is 599 g/mol. The van der Waals surface area contributed by atoms with E-state index in [1.807, 2.05) is 0 Å². The minimum Gasteiger partial charge on any atom is -0.345 e. The van der Waals surface area contributed by atoms with E-state index in [9.17, 15) is 0 Å². The third-order valence-electron chi connectivity index (χ3n) is 10.7. The first-order valence-electron chi connectivity index (χ1n) is 17.8. The zero-order chi connectivity index (χ0) is 33.7. The molecule has 0 saturated carbocycles. The van der Waals surface area contributed by atoms with Crippen molar-refractivity contribution >= 4 is 0 Å². The Hall–Kier alpha value is -1.58. The van der Waals surface area contributed by atoms with Crippen LogP contribution in [0.15, 0.2) is 0 Å². The highest BCUT2D eigenvalue weighted by Crippen LogP contribution is 2.41. The van der Waals surface area contributed by atoms with Crippen LogP contribution < -0.4 is 0 Å². The average Bonchev–Trinajstić information content (AvgIpc) is 3.60. The van der Waals surface area contributed by atoms with Gasteiger partial charge in [-0.15, -0.1) is 0 Å². The Balaban J connectivity index is 0.000000434. The van der Waals surface area contributed by atoms with Gasteiger partial charge in [0.2, 0.25) is 0 Å². The van der Waals surface area contributed by atoms with Crippen molar-refractivity contribution in [3.05, 3.63) is 34.4 Å². The zero-order valence-electron chi connectivity index (χ0n) is 32.3. The van der Waals surface area contributed by atoms with Crippen LogP contribution in [-0.2, 0) is 32.5 Å². The van der Waals surface area contributed by atoms with Gasteiger partial charge in [-0.2, -0.15) is 0 Å². The highest BCUT2D eigenvalue weighted by Gasteiger charge is 2.37. The van der Waals surface area contributed by atoms with Crippen LogP contribution in [0, 0.1) is 0 Å².